The molecule has 5 aromatic rings. The summed E-state index contributed by atoms with van der Waals surface area (Å²) in [6.07, 6.45) is -10.3. The fourth-order valence-corrected chi connectivity index (χ4v) is 5.01. The van der Waals surface area contributed by atoms with E-state index in [0.717, 1.165) is 24.6 Å². The zero-order valence-corrected chi connectivity index (χ0v) is 23.4. The van der Waals surface area contributed by atoms with Crippen molar-refractivity contribution in [3.63, 3.8) is 0 Å². The van der Waals surface area contributed by atoms with E-state index in [1.165, 1.54) is 58.8 Å². The molecule has 0 unspecified atom stereocenters. The number of hydrogen-bond donors (Lipinski definition) is 0. The Balaban J connectivity index is 1.66. The van der Waals surface area contributed by atoms with Gasteiger partial charge in [0.05, 0.1) is 28.2 Å². The monoisotopic (exact) mass is 639 g/mol. The molecule has 0 aliphatic heterocycles. The summed E-state index contributed by atoms with van der Waals surface area (Å²) in [5.74, 6) is -0.547. The Morgan fingerprint density at radius 3 is 2.14 bits per heavy atom. The number of sulfone groups is 1. The highest BCUT2D eigenvalue weighted by Crippen LogP contribution is 2.35. The molecular formula is C28H20F7N5O3S. The molecule has 2 heterocycles. The maximum Gasteiger partial charge on any atom is 0.461 e. The van der Waals surface area contributed by atoms with Gasteiger partial charge in [0.2, 0.25) is 0 Å². The number of ether oxygens (including phenoxy) is 1. The van der Waals surface area contributed by atoms with Gasteiger partial charge in [0, 0.05) is 18.0 Å². The first-order chi connectivity index (χ1) is 20.5. The first-order valence-corrected chi connectivity index (χ1v) is 14.4. The van der Waals surface area contributed by atoms with Crippen molar-refractivity contribution in [1.82, 2.24) is 24.5 Å². The van der Waals surface area contributed by atoms with Crippen LogP contribution < -0.4 is 4.74 Å². The van der Waals surface area contributed by atoms with Crippen LogP contribution in [0.15, 0.2) is 84.0 Å². The number of hydrogen-bond acceptors (Lipinski definition) is 6. The number of nitrogens with zero attached hydrogens (tertiary/aromatic N) is 5. The average molecular weight is 640 g/mol. The highest BCUT2D eigenvalue weighted by Gasteiger charge is 2.44. The van der Waals surface area contributed by atoms with Gasteiger partial charge in [-0.1, -0.05) is 23.4 Å². The van der Waals surface area contributed by atoms with Crippen LogP contribution in [0, 0.1) is 6.92 Å². The van der Waals surface area contributed by atoms with Gasteiger partial charge in [-0.3, -0.25) is 0 Å². The van der Waals surface area contributed by atoms with E-state index in [-0.39, 0.29) is 27.8 Å². The summed E-state index contributed by atoms with van der Waals surface area (Å²) in [5, 5.41) is 8.00. The Kier molecular flexibility index (Phi) is 7.73. The predicted molar refractivity (Wildman–Crippen MR) is 144 cm³/mol. The zero-order valence-electron chi connectivity index (χ0n) is 22.6. The van der Waals surface area contributed by atoms with E-state index in [2.05, 4.69) is 20.0 Å². The summed E-state index contributed by atoms with van der Waals surface area (Å²) in [7, 11) is -3.56. The Morgan fingerprint density at radius 1 is 0.864 bits per heavy atom. The third-order valence-electron chi connectivity index (χ3n) is 6.44. The second kappa shape index (κ2) is 11.1. The molecule has 0 fully saturated rings. The Hall–Kier alpha value is -4.73. The maximum atomic E-state index is 13.5. The minimum atomic E-state index is -4.73. The number of rotatable bonds is 8. The first kappa shape index (κ1) is 30.7. The minimum Gasteiger partial charge on any atom is -0.428 e. The molecule has 0 N–H and O–H groups in total. The molecule has 44 heavy (non-hydrogen) atoms. The molecule has 5 rings (SSSR count). The van der Waals surface area contributed by atoms with Crippen molar-refractivity contribution < 1.29 is 43.9 Å². The van der Waals surface area contributed by atoms with Gasteiger partial charge in [-0.25, -0.2) is 18.1 Å². The quantitative estimate of drug-likeness (QED) is 0.175. The predicted octanol–water partition coefficient (Wildman–Crippen LogP) is 6.75. The molecule has 0 aliphatic rings. The number of aromatic nitrogens is 5. The van der Waals surface area contributed by atoms with Gasteiger partial charge < -0.3 is 9.30 Å². The molecule has 3 aromatic carbocycles. The lowest BCUT2D eigenvalue weighted by Crippen LogP contribution is -2.33. The molecule has 0 saturated heterocycles. The SMILES string of the molecule is Cc1nc(C(F)(F)F)cn1-c1ccc(-c2cccc(S(C)(=O)=O)c2)cc1-n1nncc1-c1ccc(OC(F)(F)C(F)F)cc1. The van der Waals surface area contributed by atoms with Gasteiger partial charge in [0.1, 0.15) is 11.6 Å². The molecule has 0 atom stereocenters. The lowest BCUT2D eigenvalue weighted by atomic mass is 10.0. The van der Waals surface area contributed by atoms with E-state index in [0.29, 0.717) is 16.7 Å². The van der Waals surface area contributed by atoms with Gasteiger partial charge in [-0.15, -0.1) is 5.10 Å². The van der Waals surface area contributed by atoms with Crippen molar-refractivity contribution in [3.8, 4) is 39.5 Å². The van der Waals surface area contributed by atoms with Crippen LogP contribution in [-0.2, 0) is 16.0 Å². The second-order valence-electron chi connectivity index (χ2n) is 9.56. The van der Waals surface area contributed by atoms with Gasteiger partial charge >= 0.3 is 18.7 Å². The minimum absolute atomic E-state index is 0.00600. The molecule has 0 bridgehead atoms. The average Bonchev–Trinajstić information content (AvgIpc) is 3.60. The lowest BCUT2D eigenvalue weighted by molar-refractivity contribution is -0.253. The summed E-state index contributed by atoms with van der Waals surface area (Å²) in [5.41, 5.74) is 0.756. The number of imidazole rings is 1. The topological polar surface area (TPSA) is 91.9 Å². The van der Waals surface area contributed by atoms with Crippen molar-refractivity contribution in [2.75, 3.05) is 6.26 Å². The zero-order chi connectivity index (χ0) is 32.0. The van der Waals surface area contributed by atoms with Crippen LogP contribution in [0.2, 0.25) is 0 Å². The third-order valence-corrected chi connectivity index (χ3v) is 7.55. The van der Waals surface area contributed by atoms with Gasteiger partial charge in [0.15, 0.2) is 15.5 Å². The van der Waals surface area contributed by atoms with Crippen molar-refractivity contribution in [1.29, 1.82) is 0 Å². The maximum absolute atomic E-state index is 13.5. The number of alkyl halides is 7. The number of benzene rings is 3. The smallest absolute Gasteiger partial charge is 0.428 e. The summed E-state index contributed by atoms with van der Waals surface area (Å²) in [6.45, 7) is 1.37. The first-order valence-electron chi connectivity index (χ1n) is 12.5. The third kappa shape index (κ3) is 6.15. The van der Waals surface area contributed by atoms with E-state index in [9.17, 15) is 39.2 Å². The molecule has 230 valence electrons. The fraction of sp³-hybridized carbons (Fsp3) is 0.179. The normalized spacial score (nSPS) is 12.6. The van der Waals surface area contributed by atoms with Crippen LogP contribution in [0.4, 0.5) is 30.7 Å². The largest absolute Gasteiger partial charge is 0.461 e. The summed E-state index contributed by atoms with van der Waals surface area (Å²) in [6, 6.07) is 15.3. The van der Waals surface area contributed by atoms with Crippen LogP contribution in [-0.4, -0.2) is 51.8 Å². The summed E-state index contributed by atoms with van der Waals surface area (Å²) < 4.78 is 123. The van der Waals surface area contributed by atoms with E-state index < -0.39 is 40.0 Å². The van der Waals surface area contributed by atoms with Crippen LogP contribution in [0.1, 0.15) is 11.5 Å². The lowest BCUT2D eigenvalue weighted by Gasteiger charge is -2.17. The Bertz CT molecular complexity index is 1940. The number of aryl methyl sites for hydroxylation is 1. The van der Waals surface area contributed by atoms with E-state index >= 15 is 0 Å². The number of halogens is 7. The van der Waals surface area contributed by atoms with E-state index in [1.807, 2.05) is 0 Å². The molecule has 2 aromatic heterocycles. The van der Waals surface area contributed by atoms with Crippen molar-refractivity contribution >= 4 is 9.84 Å². The summed E-state index contributed by atoms with van der Waals surface area (Å²) >= 11 is 0. The highest BCUT2D eigenvalue weighted by molar-refractivity contribution is 7.90. The van der Waals surface area contributed by atoms with Gasteiger partial charge in [0.25, 0.3) is 0 Å². The Labute approximate surface area is 245 Å². The summed E-state index contributed by atoms with van der Waals surface area (Å²) in [4.78, 5) is 3.67. The van der Waals surface area contributed by atoms with Gasteiger partial charge in [-0.2, -0.15) is 30.7 Å². The molecule has 0 radical (unpaired) electrons. The van der Waals surface area contributed by atoms with E-state index in [1.54, 1.807) is 18.2 Å². The molecule has 16 heteroatoms. The molecule has 0 aliphatic carbocycles. The van der Waals surface area contributed by atoms with Crippen LogP contribution in [0.3, 0.4) is 0 Å². The molecule has 0 spiro atoms. The van der Waals surface area contributed by atoms with Crippen molar-refractivity contribution in [2.24, 2.45) is 0 Å². The van der Waals surface area contributed by atoms with Crippen LogP contribution in [0.5, 0.6) is 5.75 Å². The fourth-order valence-electron chi connectivity index (χ4n) is 4.34. The molecule has 0 saturated carbocycles. The van der Waals surface area contributed by atoms with Crippen molar-refractivity contribution in [2.45, 2.75) is 30.5 Å². The molecular weight excluding hydrogens is 619 g/mol. The van der Waals surface area contributed by atoms with E-state index in [4.69, 9.17) is 0 Å². The standard InChI is InChI=1S/C28H20F7N5O3S/c1-16-37-25(27(31,32)33)15-39(16)22-11-8-19(18-4-3-5-21(12-18)44(2,41)42)13-23(22)40-24(14-36-38-40)17-6-9-20(10-7-17)43-28(34,35)26(29)30/h3-15,26H,1-2H3. The Morgan fingerprint density at radius 2 is 1.52 bits per heavy atom. The van der Waals surface area contributed by atoms with Gasteiger partial charge in [-0.05, 0) is 66.6 Å². The van der Waals surface area contributed by atoms with Crippen LogP contribution in [0.25, 0.3) is 33.8 Å². The van der Waals surface area contributed by atoms with Crippen molar-refractivity contribution in [3.05, 3.63) is 90.6 Å². The molecule has 0 amide bonds. The highest BCUT2D eigenvalue weighted by atomic mass is 32.2. The molecule has 8 nitrogen and oxygen atoms in total. The van der Waals surface area contributed by atoms with Crippen LogP contribution >= 0.6 is 0 Å². The second-order valence-corrected chi connectivity index (χ2v) is 11.6.